The SMILES string of the molecule is COCCN(CC(=O)O)C(=O)NC(C)C1CCCCC1. The summed E-state index contributed by atoms with van der Waals surface area (Å²) in [7, 11) is 1.53. The fraction of sp³-hybridized carbons (Fsp3) is 0.857. The van der Waals surface area contributed by atoms with Gasteiger partial charge >= 0.3 is 12.0 Å². The van der Waals surface area contributed by atoms with E-state index in [9.17, 15) is 9.59 Å². The van der Waals surface area contributed by atoms with E-state index in [0.717, 1.165) is 12.8 Å². The zero-order valence-electron chi connectivity index (χ0n) is 12.4. The van der Waals surface area contributed by atoms with Crippen LogP contribution in [0.2, 0.25) is 0 Å². The van der Waals surface area contributed by atoms with E-state index in [1.54, 1.807) is 0 Å². The molecule has 116 valence electrons. The van der Waals surface area contributed by atoms with Crippen molar-refractivity contribution in [3.8, 4) is 0 Å². The van der Waals surface area contributed by atoms with Crippen LogP contribution in [-0.2, 0) is 9.53 Å². The van der Waals surface area contributed by atoms with Crippen molar-refractivity contribution in [1.82, 2.24) is 10.2 Å². The lowest BCUT2D eigenvalue weighted by molar-refractivity contribution is -0.137. The lowest BCUT2D eigenvalue weighted by Crippen LogP contribution is -2.49. The standard InChI is InChI=1S/C14H26N2O4/c1-11(12-6-4-3-5-7-12)15-14(19)16(8-9-20-2)10-13(17)18/h11-12H,3-10H2,1-2H3,(H,15,19)(H,17,18). The van der Waals surface area contributed by atoms with Gasteiger partial charge in [0.2, 0.25) is 0 Å². The Labute approximate surface area is 120 Å². The summed E-state index contributed by atoms with van der Waals surface area (Å²) in [5.41, 5.74) is 0. The minimum absolute atomic E-state index is 0.0849. The maximum Gasteiger partial charge on any atom is 0.323 e. The first-order chi connectivity index (χ1) is 9.54. The molecule has 1 fully saturated rings. The Kier molecular flexibility index (Phi) is 7.36. The minimum Gasteiger partial charge on any atom is -0.480 e. The number of hydrogen-bond acceptors (Lipinski definition) is 3. The van der Waals surface area contributed by atoms with Crippen molar-refractivity contribution < 1.29 is 19.4 Å². The first kappa shape index (κ1) is 16.8. The van der Waals surface area contributed by atoms with Crippen LogP contribution in [0.1, 0.15) is 39.0 Å². The second-order valence-electron chi connectivity index (χ2n) is 5.44. The molecule has 2 N–H and O–H groups in total. The van der Waals surface area contributed by atoms with Crippen molar-refractivity contribution in [3.63, 3.8) is 0 Å². The van der Waals surface area contributed by atoms with Gasteiger partial charge in [0.1, 0.15) is 6.54 Å². The third kappa shape index (κ3) is 5.77. The van der Waals surface area contributed by atoms with E-state index in [-0.39, 0.29) is 25.2 Å². The van der Waals surface area contributed by atoms with Crippen LogP contribution in [0.15, 0.2) is 0 Å². The Hall–Kier alpha value is -1.30. The van der Waals surface area contributed by atoms with Crippen LogP contribution < -0.4 is 5.32 Å². The molecule has 0 saturated heterocycles. The van der Waals surface area contributed by atoms with Gasteiger partial charge < -0.3 is 20.1 Å². The Morgan fingerprint density at radius 3 is 2.55 bits per heavy atom. The van der Waals surface area contributed by atoms with Gasteiger partial charge in [-0.25, -0.2) is 4.79 Å². The molecule has 0 bridgehead atoms. The molecule has 0 aromatic carbocycles. The van der Waals surface area contributed by atoms with Crippen molar-refractivity contribution in [2.45, 2.75) is 45.1 Å². The van der Waals surface area contributed by atoms with Crippen LogP contribution in [0, 0.1) is 5.92 Å². The van der Waals surface area contributed by atoms with Crippen LogP contribution in [0.25, 0.3) is 0 Å². The van der Waals surface area contributed by atoms with Crippen LogP contribution in [0.3, 0.4) is 0 Å². The molecule has 1 saturated carbocycles. The maximum atomic E-state index is 12.1. The van der Waals surface area contributed by atoms with E-state index in [4.69, 9.17) is 9.84 Å². The average molecular weight is 286 g/mol. The van der Waals surface area contributed by atoms with Gasteiger partial charge in [0, 0.05) is 19.7 Å². The lowest BCUT2D eigenvalue weighted by Gasteiger charge is -2.30. The molecule has 1 atom stereocenters. The Morgan fingerprint density at radius 2 is 2.00 bits per heavy atom. The van der Waals surface area contributed by atoms with E-state index < -0.39 is 5.97 Å². The fourth-order valence-electron chi connectivity index (χ4n) is 2.66. The average Bonchev–Trinajstić information content (AvgIpc) is 2.43. The highest BCUT2D eigenvalue weighted by Crippen LogP contribution is 2.26. The fourth-order valence-corrected chi connectivity index (χ4v) is 2.66. The number of ether oxygens (including phenoxy) is 1. The van der Waals surface area contributed by atoms with Crippen molar-refractivity contribution in [1.29, 1.82) is 0 Å². The molecule has 1 aliphatic carbocycles. The molecule has 0 spiro atoms. The van der Waals surface area contributed by atoms with Gasteiger partial charge in [0.15, 0.2) is 0 Å². The Bertz CT molecular complexity index is 316. The molecule has 0 radical (unpaired) electrons. The number of carbonyl (C=O) groups is 2. The molecular weight excluding hydrogens is 260 g/mol. The van der Waals surface area contributed by atoms with Crippen molar-refractivity contribution in [3.05, 3.63) is 0 Å². The molecule has 1 aliphatic rings. The number of carboxylic acids is 1. The maximum absolute atomic E-state index is 12.1. The molecular formula is C14H26N2O4. The number of urea groups is 1. The van der Waals surface area contributed by atoms with E-state index in [2.05, 4.69) is 5.32 Å². The van der Waals surface area contributed by atoms with E-state index in [1.807, 2.05) is 6.92 Å². The van der Waals surface area contributed by atoms with Gasteiger partial charge in [-0.05, 0) is 25.7 Å². The molecule has 0 aliphatic heterocycles. The number of rotatable bonds is 7. The van der Waals surface area contributed by atoms with Crippen LogP contribution in [0.4, 0.5) is 4.79 Å². The number of carbonyl (C=O) groups excluding carboxylic acids is 1. The summed E-state index contributed by atoms with van der Waals surface area (Å²) in [6, 6.07) is -0.232. The van der Waals surface area contributed by atoms with Gasteiger partial charge in [0.05, 0.1) is 6.61 Å². The van der Waals surface area contributed by atoms with Gasteiger partial charge in [-0.3, -0.25) is 4.79 Å². The van der Waals surface area contributed by atoms with Crippen molar-refractivity contribution in [2.75, 3.05) is 26.8 Å². The summed E-state index contributed by atoms with van der Waals surface area (Å²) in [5.74, 6) is -0.511. The second-order valence-corrected chi connectivity index (χ2v) is 5.44. The third-order valence-electron chi connectivity index (χ3n) is 3.89. The molecule has 6 heteroatoms. The topological polar surface area (TPSA) is 78.9 Å². The summed E-state index contributed by atoms with van der Waals surface area (Å²) in [4.78, 5) is 24.2. The smallest absolute Gasteiger partial charge is 0.323 e. The molecule has 1 rings (SSSR count). The molecule has 1 unspecified atom stereocenters. The minimum atomic E-state index is -1.01. The number of methoxy groups -OCH3 is 1. The summed E-state index contributed by atoms with van der Waals surface area (Å²) in [5, 5.41) is 11.8. The van der Waals surface area contributed by atoms with Crippen LogP contribution in [0.5, 0.6) is 0 Å². The highest BCUT2D eigenvalue weighted by molar-refractivity contribution is 5.80. The number of aliphatic carboxylic acids is 1. The number of carboxylic acid groups (broad SMARTS) is 1. The van der Waals surface area contributed by atoms with E-state index in [1.165, 1.54) is 31.3 Å². The monoisotopic (exact) mass is 286 g/mol. The van der Waals surface area contributed by atoms with Crippen LogP contribution in [-0.4, -0.2) is 54.9 Å². The molecule has 20 heavy (non-hydrogen) atoms. The summed E-state index contributed by atoms with van der Waals surface area (Å²) < 4.78 is 4.91. The third-order valence-corrected chi connectivity index (χ3v) is 3.89. The van der Waals surface area contributed by atoms with E-state index in [0.29, 0.717) is 12.5 Å². The van der Waals surface area contributed by atoms with Crippen molar-refractivity contribution >= 4 is 12.0 Å². The van der Waals surface area contributed by atoms with Crippen molar-refractivity contribution in [2.24, 2.45) is 5.92 Å². The number of nitrogens with one attached hydrogen (secondary N) is 1. The van der Waals surface area contributed by atoms with Gasteiger partial charge in [-0.2, -0.15) is 0 Å². The molecule has 0 aromatic heterocycles. The first-order valence-corrected chi connectivity index (χ1v) is 7.30. The summed E-state index contributed by atoms with van der Waals surface area (Å²) in [6.07, 6.45) is 5.98. The normalized spacial score (nSPS) is 17.5. The van der Waals surface area contributed by atoms with Gasteiger partial charge in [-0.15, -0.1) is 0 Å². The molecule has 0 aromatic rings. The zero-order valence-corrected chi connectivity index (χ0v) is 12.4. The Balaban J connectivity index is 2.48. The largest absolute Gasteiger partial charge is 0.480 e. The number of nitrogens with zero attached hydrogens (tertiary/aromatic N) is 1. The predicted molar refractivity (Wildman–Crippen MR) is 75.7 cm³/mol. The summed E-state index contributed by atoms with van der Waals surface area (Å²) >= 11 is 0. The van der Waals surface area contributed by atoms with E-state index >= 15 is 0 Å². The molecule has 6 nitrogen and oxygen atoms in total. The quantitative estimate of drug-likeness (QED) is 0.746. The van der Waals surface area contributed by atoms with Gasteiger partial charge in [-0.1, -0.05) is 19.3 Å². The number of amides is 2. The molecule has 0 heterocycles. The lowest BCUT2D eigenvalue weighted by atomic mass is 9.84. The molecule has 2 amide bonds. The highest BCUT2D eigenvalue weighted by atomic mass is 16.5. The Morgan fingerprint density at radius 1 is 1.35 bits per heavy atom. The van der Waals surface area contributed by atoms with Crippen LogP contribution >= 0.6 is 0 Å². The predicted octanol–water partition coefficient (Wildman–Crippen LogP) is 1.70. The summed E-state index contributed by atoms with van der Waals surface area (Å²) in [6.45, 7) is 2.32. The van der Waals surface area contributed by atoms with Gasteiger partial charge in [0.25, 0.3) is 0 Å². The zero-order chi connectivity index (χ0) is 15.0. The highest BCUT2D eigenvalue weighted by Gasteiger charge is 2.24. The number of hydrogen-bond donors (Lipinski definition) is 2. The first-order valence-electron chi connectivity index (χ1n) is 7.30. The second kappa shape index (κ2) is 8.79.